The average molecular weight is 302 g/mol. The standard InChI is InChI=1S/C15H18N4O3/c1-19(2)12(11-6-4-3-5-7-11)10-16-14(20)15(21)17-13-8-9-22-18-13/h3-9,12H,10H2,1-2H3,(H,16,20)(H,17,18,21)/t12-/m1/s1. The van der Waals surface area contributed by atoms with Crippen LogP contribution in [0.15, 0.2) is 47.2 Å². The predicted octanol–water partition coefficient (Wildman–Crippen LogP) is 1.03. The maximum Gasteiger partial charge on any atom is 0.314 e. The number of hydrogen-bond acceptors (Lipinski definition) is 5. The number of rotatable bonds is 5. The normalized spacial score (nSPS) is 12.0. The van der Waals surface area contributed by atoms with Gasteiger partial charge in [0.15, 0.2) is 5.82 Å². The van der Waals surface area contributed by atoms with Gasteiger partial charge in [0.2, 0.25) is 0 Å². The molecule has 0 saturated carbocycles. The highest BCUT2D eigenvalue weighted by atomic mass is 16.5. The van der Waals surface area contributed by atoms with Gasteiger partial charge in [0.05, 0.1) is 6.04 Å². The Balaban J connectivity index is 1.92. The Bertz CT molecular complexity index is 611. The van der Waals surface area contributed by atoms with Crippen molar-refractivity contribution in [3.05, 3.63) is 48.2 Å². The van der Waals surface area contributed by atoms with Crippen LogP contribution in [0.1, 0.15) is 11.6 Å². The number of carbonyl (C=O) groups excluding carboxylic acids is 2. The second-order valence-electron chi connectivity index (χ2n) is 4.94. The summed E-state index contributed by atoms with van der Waals surface area (Å²) < 4.78 is 4.58. The smallest absolute Gasteiger partial charge is 0.314 e. The van der Waals surface area contributed by atoms with E-state index in [9.17, 15) is 9.59 Å². The molecule has 2 aromatic rings. The van der Waals surface area contributed by atoms with E-state index in [2.05, 4.69) is 20.3 Å². The third-order valence-electron chi connectivity index (χ3n) is 3.15. The molecule has 0 spiro atoms. The van der Waals surface area contributed by atoms with Crippen molar-refractivity contribution in [2.45, 2.75) is 6.04 Å². The molecule has 7 nitrogen and oxygen atoms in total. The van der Waals surface area contributed by atoms with Crippen LogP contribution >= 0.6 is 0 Å². The molecule has 2 N–H and O–H groups in total. The molecule has 1 aromatic heterocycles. The zero-order valence-electron chi connectivity index (χ0n) is 12.4. The highest BCUT2D eigenvalue weighted by Crippen LogP contribution is 2.16. The second kappa shape index (κ2) is 7.37. The van der Waals surface area contributed by atoms with Crippen molar-refractivity contribution < 1.29 is 14.1 Å². The number of benzene rings is 1. The lowest BCUT2D eigenvalue weighted by molar-refractivity contribution is -0.136. The molecule has 0 bridgehead atoms. The van der Waals surface area contributed by atoms with Crippen molar-refractivity contribution in [1.82, 2.24) is 15.4 Å². The van der Waals surface area contributed by atoms with Gasteiger partial charge in [-0.1, -0.05) is 35.5 Å². The molecule has 22 heavy (non-hydrogen) atoms. The molecule has 1 atom stereocenters. The van der Waals surface area contributed by atoms with Crippen LogP contribution in [-0.2, 0) is 9.59 Å². The number of likely N-dealkylation sites (N-methyl/N-ethyl adjacent to an activating group) is 1. The van der Waals surface area contributed by atoms with Crippen LogP contribution in [0.25, 0.3) is 0 Å². The number of carbonyl (C=O) groups is 2. The lowest BCUT2D eigenvalue weighted by Crippen LogP contribution is -2.40. The molecular weight excluding hydrogens is 284 g/mol. The average Bonchev–Trinajstić information content (AvgIpc) is 3.01. The van der Waals surface area contributed by atoms with Crippen LogP contribution in [0, 0.1) is 0 Å². The first-order chi connectivity index (χ1) is 10.6. The minimum atomic E-state index is -0.778. The zero-order chi connectivity index (χ0) is 15.9. The number of anilines is 1. The third kappa shape index (κ3) is 4.16. The molecule has 0 radical (unpaired) electrons. The van der Waals surface area contributed by atoms with Gasteiger partial charge < -0.3 is 14.7 Å². The molecule has 0 saturated heterocycles. The fourth-order valence-corrected chi connectivity index (χ4v) is 1.99. The van der Waals surface area contributed by atoms with E-state index >= 15 is 0 Å². The minimum Gasteiger partial charge on any atom is -0.363 e. The Hall–Kier alpha value is -2.67. The number of nitrogens with zero attached hydrogens (tertiary/aromatic N) is 2. The van der Waals surface area contributed by atoms with Crippen molar-refractivity contribution in [1.29, 1.82) is 0 Å². The highest BCUT2D eigenvalue weighted by molar-refractivity contribution is 6.39. The lowest BCUT2D eigenvalue weighted by atomic mass is 10.1. The quantitative estimate of drug-likeness (QED) is 0.806. The molecule has 1 aromatic carbocycles. The van der Waals surface area contributed by atoms with E-state index in [0.29, 0.717) is 6.54 Å². The van der Waals surface area contributed by atoms with Gasteiger partial charge in [-0.25, -0.2) is 0 Å². The Kier molecular flexibility index (Phi) is 5.26. The van der Waals surface area contributed by atoms with Crippen molar-refractivity contribution in [3.8, 4) is 0 Å². The molecular formula is C15H18N4O3. The van der Waals surface area contributed by atoms with Gasteiger partial charge in [0.1, 0.15) is 6.26 Å². The van der Waals surface area contributed by atoms with Gasteiger partial charge in [-0.05, 0) is 19.7 Å². The van der Waals surface area contributed by atoms with Gasteiger partial charge in [0, 0.05) is 12.6 Å². The second-order valence-corrected chi connectivity index (χ2v) is 4.94. The highest BCUT2D eigenvalue weighted by Gasteiger charge is 2.19. The molecule has 0 aliphatic carbocycles. The van der Waals surface area contributed by atoms with Gasteiger partial charge in [-0.2, -0.15) is 0 Å². The SMILES string of the molecule is CN(C)[C@H](CNC(=O)C(=O)Nc1ccon1)c1ccccc1. The molecule has 0 aliphatic heterocycles. The van der Waals surface area contributed by atoms with Gasteiger partial charge in [0.25, 0.3) is 0 Å². The first-order valence-electron chi connectivity index (χ1n) is 6.79. The van der Waals surface area contributed by atoms with Gasteiger partial charge >= 0.3 is 11.8 Å². The fourth-order valence-electron chi connectivity index (χ4n) is 1.99. The van der Waals surface area contributed by atoms with Crippen LogP contribution < -0.4 is 10.6 Å². The van der Waals surface area contributed by atoms with Crippen molar-refractivity contribution in [3.63, 3.8) is 0 Å². The topological polar surface area (TPSA) is 87.5 Å². The first kappa shape index (κ1) is 15.7. The fraction of sp³-hybridized carbons (Fsp3) is 0.267. The van der Waals surface area contributed by atoms with Crippen LogP contribution in [0.4, 0.5) is 5.82 Å². The Labute approximate surface area is 128 Å². The van der Waals surface area contributed by atoms with E-state index in [1.54, 1.807) is 0 Å². The van der Waals surface area contributed by atoms with E-state index in [1.165, 1.54) is 12.3 Å². The largest absolute Gasteiger partial charge is 0.363 e. The summed E-state index contributed by atoms with van der Waals surface area (Å²) in [7, 11) is 3.83. The zero-order valence-corrected chi connectivity index (χ0v) is 12.4. The Morgan fingerprint density at radius 1 is 1.18 bits per heavy atom. The van der Waals surface area contributed by atoms with Crippen molar-refractivity contribution in [2.75, 3.05) is 26.0 Å². The summed E-state index contributed by atoms with van der Waals surface area (Å²) in [4.78, 5) is 25.5. The predicted molar refractivity (Wildman–Crippen MR) is 81.0 cm³/mol. The first-order valence-corrected chi connectivity index (χ1v) is 6.79. The van der Waals surface area contributed by atoms with E-state index < -0.39 is 11.8 Å². The number of amides is 2. The third-order valence-corrected chi connectivity index (χ3v) is 3.15. The lowest BCUT2D eigenvalue weighted by Gasteiger charge is -2.24. The summed E-state index contributed by atoms with van der Waals surface area (Å²) in [6.07, 6.45) is 1.31. The summed E-state index contributed by atoms with van der Waals surface area (Å²) in [5.41, 5.74) is 1.06. The van der Waals surface area contributed by atoms with E-state index in [0.717, 1.165) is 5.56 Å². The minimum absolute atomic E-state index is 0.0231. The Morgan fingerprint density at radius 2 is 1.91 bits per heavy atom. The van der Waals surface area contributed by atoms with Crippen molar-refractivity contribution >= 4 is 17.6 Å². The summed E-state index contributed by atoms with van der Waals surface area (Å²) in [5, 5.41) is 8.48. The summed E-state index contributed by atoms with van der Waals surface area (Å²) in [6.45, 7) is 0.322. The molecule has 7 heteroatoms. The summed E-state index contributed by atoms with van der Waals surface area (Å²) >= 11 is 0. The molecule has 0 fully saturated rings. The molecule has 0 aliphatic rings. The molecule has 2 rings (SSSR count). The molecule has 2 amide bonds. The maximum atomic E-state index is 11.8. The van der Waals surface area contributed by atoms with Crippen molar-refractivity contribution in [2.24, 2.45) is 0 Å². The van der Waals surface area contributed by atoms with Gasteiger partial charge in [-0.3, -0.25) is 14.9 Å². The Morgan fingerprint density at radius 3 is 2.50 bits per heavy atom. The molecule has 0 unspecified atom stereocenters. The molecule has 116 valence electrons. The van der Waals surface area contributed by atoms with Crippen LogP contribution in [0.3, 0.4) is 0 Å². The summed E-state index contributed by atoms with van der Waals surface area (Å²) in [6, 6.07) is 11.2. The molecule has 1 heterocycles. The van der Waals surface area contributed by atoms with Gasteiger partial charge in [-0.15, -0.1) is 0 Å². The van der Waals surface area contributed by atoms with E-state index in [-0.39, 0.29) is 11.9 Å². The van der Waals surface area contributed by atoms with Crippen LogP contribution in [-0.4, -0.2) is 42.5 Å². The van der Waals surface area contributed by atoms with E-state index in [4.69, 9.17) is 0 Å². The monoisotopic (exact) mass is 302 g/mol. The van der Waals surface area contributed by atoms with E-state index in [1.807, 2.05) is 49.3 Å². The maximum absolute atomic E-state index is 11.8. The summed E-state index contributed by atoms with van der Waals surface area (Å²) in [5.74, 6) is -1.29. The number of nitrogens with one attached hydrogen (secondary N) is 2. The van der Waals surface area contributed by atoms with Crippen LogP contribution in [0.5, 0.6) is 0 Å². The van der Waals surface area contributed by atoms with Crippen LogP contribution in [0.2, 0.25) is 0 Å². The number of hydrogen-bond donors (Lipinski definition) is 2. The number of aromatic nitrogens is 1.